The number of allylic oxidation sites excluding steroid dienone is 1. The van der Waals surface area contributed by atoms with E-state index >= 15 is 0 Å². The molecule has 1 unspecified atom stereocenters. The Balaban J connectivity index is 1.96. The lowest BCUT2D eigenvalue weighted by Gasteiger charge is -2.30. The molecule has 1 aliphatic rings. The molecule has 1 aromatic heterocycles. The number of fused-ring (bicyclic) bond motifs is 3. The number of carbonyl (C=O) groups is 1. The summed E-state index contributed by atoms with van der Waals surface area (Å²) in [4.78, 5) is 17.6. The van der Waals surface area contributed by atoms with Crippen molar-refractivity contribution in [3.63, 3.8) is 0 Å². The van der Waals surface area contributed by atoms with Crippen LogP contribution in [0.1, 0.15) is 32.4 Å². The Hall–Kier alpha value is -3.48. The van der Waals surface area contributed by atoms with E-state index in [0.717, 1.165) is 16.6 Å². The number of nitrogens with zero attached hydrogens (tertiary/aromatic N) is 2. The Kier molecular flexibility index (Phi) is 4.88. The zero-order valence-electron chi connectivity index (χ0n) is 16.6. The first kappa shape index (κ1) is 18.9. The monoisotopic (exact) mass is 393 g/mol. The molecule has 1 aliphatic heterocycles. The Morgan fingerprint density at radius 1 is 1.21 bits per heavy atom. The molecule has 0 saturated carbocycles. The maximum atomic E-state index is 12.9. The molecule has 4 rings (SSSR count). The van der Waals surface area contributed by atoms with Crippen LogP contribution in [-0.4, -0.2) is 33.8 Å². The number of hydrogen-bond donors (Lipinski definition) is 2. The highest BCUT2D eigenvalue weighted by Gasteiger charge is 2.35. The Morgan fingerprint density at radius 3 is 2.76 bits per heavy atom. The van der Waals surface area contributed by atoms with Crippen LogP contribution in [0.5, 0.6) is 11.5 Å². The number of benzene rings is 2. The normalized spacial score (nSPS) is 15.8. The lowest BCUT2D eigenvalue weighted by atomic mass is 9.94. The maximum absolute atomic E-state index is 12.9. The van der Waals surface area contributed by atoms with Crippen molar-refractivity contribution in [3.05, 3.63) is 59.3 Å². The van der Waals surface area contributed by atoms with E-state index in [9.17, 15) is 9.90 Å². The number of anilines is 1. The molecule has 150 valence electrons. The number of aromatic hydroxyl groups is 1. The van der Waals surface area contributed by atoms with Crippen LogP contribution in [0.2, 0.25) is 0 Å². The molecule has 0 radical (unpaired) electrons. The van der Waals surface area contributed by atoms with Gasteiger partial charge in [0, 0.05) is 5.70 Å². The molecule has 29 heavy (non-hydrogen) atoms. The number of esters is 1. The van der Waals surface area contributed by atoms with Crippen LogP contribution in [0.15, 0.2) is 53.7 Å². The lowest BCUT2D eigenvalue weighted by Crippen LogP contribution is -2.29. The summed E-state index contributed by atoms with van der Waals surface area (Å²) >= 11 is 0. The second-order valence-corrected chi connectivity index (χ2v) is 6.74. The van der Waals surface area contributed by atoms with Crippen LogP contribution < -0.4 is 10.1 Å². The van der Waals surface area contributed by atoms with Crippen LogP contribution in [0.25, 0.3) is 11.0 Å². The molecule has 0 aliphatic carbocycles. The van der Waals surface area contributed by atoms with E-state index < -0.39 is 12.0 Å². The zero-order valence-corrected chi connectivity index (χ0v) is 16.6. The van der Waals surface area contributed by atoms with Gasteiger partial charge >= 0.3 is 5.97 Å². The second-order valence-electron chi connectivity index (χ2n) is 6.74. The second kappa shape index (κ2) is 7.50. The van der Waals surface area contributed by atoms with E-state index in [0.29, 0.717) is 29.6 Å². The van der Waals surface area contributed by atoms with Gasteiger partial charge in [0.1, 0.15) is 0 Å². The molecule has 7 heteroatoms. The Morgan fingerprint density at radius 2 is 2.00 bits per heavy atom. The number of rotatable bonds is 5. The number of aromatic nitrogens is 2. The van der Waals surface area contributed by atoms with Gasteiger partial charge in [0.2, 0.25) is 5.95 Å². The highest BCUT2D eigenvalue weighted by molar-refractivity contribution is 5.94. The van der Waals surface area contributed by atoms with E-state index in [2.05, 4.69) is 10.3 Å². The van der Waals surface area contributed by atoms with Gasteiger partial charge in [0.25, 0.3) is 0 Å². The predicted molar refractivity (Wildman–Crippen MR) is 110 cm³/mol. The average molecular weight is 393 g/mol. The number of imidazole rings is 1. The van der Waals surface area contributed by atoms with Gasteiger partial charge in [-0.1, -0.05) is 18.2 Å². The molecule has 0 spiro atoms. The van der Waals surface area contributed by atoms with Crippen LogP contribution in [0.4, 0.5) is 5.95 Å². The number of phenolic OH excluding ortho intramolecular Hbond substituents is 1. The van der Waals surface area contributed by atoms with Gasteiger partial charge in [-0.25, -0.2) is 9.78 Å². The topological polar surface area (TPSA) is 85.6 Å². The SMILES string of the molecule is CCOC(=O)C1=C(C)Nc2nc3ccccc3n2C1c1ccc(O)c(OCC)c1. The first-order chi connectivity index (χ1) is 14.0. The van der Waals surface area contributed by atoms with Crippen molar-refractivity contribution in [1.29, 1.82) is 0 Å². The van der Waals surface area contributed by atoms with Crippen molar-refractivity contribution in [2.45, 2.75) is 26.8 Å². The van der Waals surface area contributed by atoms with E-state index in [1.807, 2.05) is 42.7 Å². The Labute approximate surface area is 168 Å². The minimum atomic E-state index is -0.475. The van der Waals surface area contributed by atoms with E-state index in [1.54, 1.807) is 25.1 Å². The summed E-state index contributed by atoms with van der Waals surface area (Å²) in [6, 6.07) is 12.4. The Bertz CT molecular complexity index is 1120. The minimum Gasteiger partial charge on any atom is -0.504 e. The first-order valence-corrected chi connectivity index (χ1v) is 9.62. The molecule has 0 bridgehead atoms. The van der Waals surface area contributed by atoms with Crippen LogP contribution in [-0.2, 0) is 9.53 Å². The standard InChI is InChI=1S/C22H23N3O4/c1-4-28-18-12-14(10-11-17(18)26)20-19(21(27)29-5-2)13(3)23-22-24-15-8-6-7-9-16(15)25(20)22/h6-12,20,26H,4-5H2,1-3H3,(H,23,24). The highest BCUT2D eigenvalue weighted by atomic mass is 16.5. The molecular weight excluding hydrogens is 370 g/mol. The molecule has 0 amide bonds. The van der Waals surface area contributed by atoms with Crippen molar-refractivity contribution in [2.75, 3.05) is 18.5 Å². The third-order valence-corrected chi connectivity index (χ3v) is 4.93. The molecule has 0 saturated heterocycles. The molecule has 1 atom stereocenters. The highest BCUT2D eigenvalue weighted by Crippen LogP contribution is 2.41. The molecule has 2 N–H and O–H groups in total. The van der Waals surface area contributed by atoms with Gasteiger partial charge in [-0.15, -0.1) is 0 Å². The average Bonchev–Trinajstić information content (AvgIpc) is 3.06. The maximum Gasteiger partial charge on any atom is 0.338 e. The fraction of sp³-hybridized carbons (Fsp3) is 0.273. The summed E-state index contributed by atoms with van der Waals surface area (Å²) < 4.78 is 12.9. The minimum absolute atomic E-state index is 0.0543. The molecule has 7 nitrogen and oxygen atoms in total. The van der Waals surface area contributed by atoms with Crippen LogP contribution in [0, 0.1) is 0 Å². The predicted octanol–water partition coefficient (Wildman–Crippen LogP) is 3.99. The molecule has 3 aromatic rings. The van der Waals surface area contributed by atoms with Crippen LogP contribution in [0.3, 0.4) is 0 Å². The number of carbonyl (C=O) groups excluding carboxylic acids is 1. The van der Waals surface area contributed by atoms with E-state index in [1.165, 1.54) is 0 Å². The summed E-state index contributed by atoms with van der Waals surface area (Å²) in [5, 5.41) is 13.4. The zero-order chi connectivity index (χ0) is 20.5. The van der Waals surface area contributed by atoms with E-state index in [-0.39, 0.29) is 12.4 Å². The van der Waals surface area contributed by atoms with Gasteiger partial charge in [0.15, 0.2) is 11.5 Å². The lowest BCUT2D eigenvalue weighted by molar-refractivity contribution is -0.139. The van der Waals surface area contributed by atoms with Crippen molar-refractivity contribution in [3.8, 4) is 11.5 Å². The van der Waals surface area contributed by atoms with Crippen molar-refractivity contribution >= 4 is 23.0 Å². The summed E-state index contributed by atoms with van der Waals surface area (Å²) in [7, 11) is 0. The molecule has 0 fully saturated rings. The van der Waals surface area contributed by atoms with Crippen molar-refractivity contribution in [2.24, 2.45) is 0 Å². The molecular formula is C22H23N3O4. The largest absolute Gasteiger partial charge is 0.504 e. The summed E-state index contributed by atoms with van der Waals surface area (Å²) in [5.41, 5.74) is 3.68. The van der Waals surface area contributed by atoms with Gasteiger partial charge < -0.3 is 19.9 Å². The fourth-order valence-corrected chi connectivity index (χ4v) is 3.72. The summed E-state index contributed by atoms with van der Waals surface area (Å²) in [5.74, 6) is 0.679. The van der Waals surface area contributed by atoms with Crippen molar-refractivity contribution < 1.29 is 19.4 Å². The smallest absolute Gasteiger partial charge is 0.338 e. The van der Waals surface area contributed by atoms with Gasteiger partial charge in [-0.2, -0.15) is 0 Å². The third-order valence-electron chi connectivity index (χ3n) is 4.93. The van der Waals surface area contributed by atoms with Gasteiger partial charge in [0.05, 0.1) is 35.9 Å². The third kappa shape index (κ3) is 3.18. The number of hydrogen-bond acceptors (Lipinski definition) is 6. The number of para-hydroxylation sites is 2. The first-order valence-electron chi connectivity index (χ1n) is 9.62. The molecule has 2 heterocycles. The summed E-state index contributed by atoms with van der Waals surface area (Å²) in [6.07, 6.45) is 0. The quantitative estimate of drug-likeness (QED) is 0.638. The van der Waals surface area contributed by atoms with Gasteiger partial charge in [-0.3, -0.25) is 4.57 Å². The van der Waals surface area contributed by atoms with Gasteiger partial charge in [-0.05, 0) is 50.6 Å². The van der Waals surface area contributed by atoms with Crippen LogP contribution >= 0.6 is 0 Å². The number of ether oxygens (including phenoxy) is 2. The molecule has 2 aromatic carbocycles. The van der Waals surface area contributed by atoms with Crippen molar-refractivity contribution in [1.82, 2.24) is 9.55 Å². The fourth-order valence-electron chi connectivity index (χ4n) is 3.72. The summed E-state index contributed by atoms with van der Waals surface area (Å²) in [6.45, 7) is 6.17. The van der Waals surface area contributed by atoms with E-state index in [4.69, 9.17) is 9.47 Å². The number of phenols is 1. The number of nitrogens with one attached hydrogen (secondary N) is 1.